The smallest absolute Gasteiger partial charge is 0.391 e. The first-order chi connectivity index (χ1) is 47.0. The van der Waals surface area contributed by atoms with Gasteiger partial charge in [0.25, 0.3) is 35.4 Å². The number of ether oxygens (including phenoxy) is 4. The molecule has 4 N–H and O–H groups in total. The van der Waals surface area contributed by atoms with Crippen LogP contribution in [-0.4, -0.2) is 108 Å². The second-order valence-corrected chi connectivity index (χ2v) is 25.8. The van der Waals surface area contributed by atoms with Crippen molar-refractivity contribution < 1.29 is 83.6 Å². The number of aryl methyl sites for hydroxylation is 8. The number of nitrogens with zero attached hydrogens (tertiary/aromatic N) is 2. The van der Waals surface area contributed by atoms with E-state index in [-0.39, 0.29) is 112 Å². The minimum atomic E-state index is -5.22. The Morgan fingerprint density at radius 3 is 0.800 bits per heavy atom. The van der Waals surface area contributed by atoms with Gasteiger partial charge in [-0.3, -0.25) is 48.2 Å². The van der Waals surface area contributed by atoms with E-state index < -0.39 is 130 Å². The summed E-state index contributed by atoms with van der Waals surface area (Å²) in [4.78, 5) is 117. The molecule has 11 rings (SSSR count). The molecule has 0 saturated heterocycles. The average molecular weight is 1410 g/mol. The number of benzene rings is 9. The Bertz CT molecular complexity index is 4430. The molecule has 8 amide bonds. The number of hydrogen-bond donors (Lipinski definition) is 4. The maximum Gasteiger partial charge on any atom is 0.391 e. The monoisotopic (exact) mass is 1410 g/mol. The fourth-order valence-electron chi connectivity index (χ4n) is 13.1. The SMILES string of the molecule is C=C(Cl)C(=O)NCCNC(=O)C(CC(F)(F)F)N1C(=O)c2cc(Oc3cc(C)cc(C)c3)c3c4c(Oc5cc(C)cc(C)c5)cc5c6c(cc(Oc7cc(C)cc(C)c7)c(c7c(Oc8cc(C)cc(C)c8)cc(c2c37)C1=O)c64)C(=O)N(C(CC(F)(F)F)C(=O)NCCNC(=O)C(=C)Cl)C5=O. The van der Waals surface area contributed by atoms with Gasteiger partial charge < -0.3 is 40.2 Å². The second kappa shape index (κ2) is 27.2. The van der Waals surface area contributed by atoms with Crippen molar-refractivity contribution in [2.45, 2.75) is 92.7 Å². The third-order valence-electron chi connectivity index (χ3n) is 16.6. The molecule has 0 aromatic heterocycles. The van der Waals surface area contributed by atoms with Crippen molar-refractivity contribution >= 4 is 114 Å². The number of alkyl halides is 6. The Morgan fingerprint density at radius 2 is 0.590 bits per heavy atom. The summed E-state index contributed by atoms with van der Waals surface area (Å²) in [6.45, 7) is 19.0. The summed E-state index contributed by atoms with van der Waals surface area (Å²) in [6.07, 6.45) is -14.6. The first kappa shape index (κ1) is 70.6. The fourth-order valence-corrected chi connectivity index (χ4v) is 13.2. The molecule has 0 bridgehead atoms. The van der Waals surface area contributed by atoms with Crippen molar-refractivity contribution in [3.63, 3.8) is 0 Å². The minimum absolute atomic E-state index is 0.0604. The lowest BCUT2D eigenvalue weighted by Crippen LogP contribution is -2.55. The first-order valence-corrected chi connectivity index (χ1v) is 31.9. The van der Waals surface area contributed by atoms with Gasteiger partial charge in [-0.1, -0.05) is 60.6 Å². The van der Waals surface area contributed by atoms with Crippen molar-refractivity contribution in [2.24, 2.45) is 0 Å². The third kappa shape index (κ3) is 14.3. The molecule has 9 aromatic carbocycles. The van der Waals surface area contributed by atoms with Gasteiger partial charge in [0.2, 0.25) is 11.8 Å². The molecule has 2 aliphatic rings. The highest BCUT2D eigenvalue weighted by Crippen LogP contribution is 2.58. The van der Waals surface area contributed by atoms with E-state index in [1.807, 2.05) is 24.3 Å². The summed E-state index contributed by atoms with van der Waals surface area (Å²) < 4.78 is 119. The zero-order valence-corrected chi connectivity index (χ0v) is 56.4. The standard InChI is InChI=1S/C74H62Cl2F6N6O12/c1-33-15-34(2)20-43(19-33)97-53-27-47-57-48(70(94)87(69(47)93)51(31-73(77,78)79)67(91)85-13-11-83-65(89)41(9)75)29-55(99-45-23-37(5)17-38(6)24-45)61-62-56(100-46-25-39(7)18-40(8)26-46)30-50-58-49(28-54(60(64(58)62)59(53)63(57)61)98-44-21-35(3)16-36(4)22-44)71(95)88(72(50)96)52(32-74(80,81)82)68(92)86-14-12-84-66(90)42(10)76/h15-30,51-52H,9-14,31-32H2,1-8H3,(H,83,89)(H,84,90)(H,85,91)(H,86,92). The quantitative estimate of drug-likeness (QED) is 0.0124. The normalized spacial score (nSPS) is 13.6. The van der Waals surface area contributed by atoms with Crippen LogP contribution in [0.2, 0.25) is 0 Å². The predicted octanol–water partition coefficient (Wildman–Crippen LogP) is 15.2. The Balaban J connectivity index is 1.31. The molecule has 2 aliphatic heterocycles. The maximum atomic E-state index is 15.9. The second-order valence-electron chi connectivity index (χ2n) is 24.9. The molecule has 516 valence electrons. The van der Waals surface area contributed by atoms with E-state index in [2.05, 4.69) is 34.4 Å². The van der Waals surface area contributed by atoms with Crippen LogP contribution in [0.5, 0.6) is 46.0 Å². The van der Waals surface area contributed by atoms with E-state index in [9.17, 15) is 19.2 Å². The molecular weight excluding hydrogens is 1350 g/mol. The van der Waals surface area contributed by atoms with Gasteiger partial charge in [-0.15, -0.1) is 0 Å². The van der Waals surface area contributed by atoms with Gasteiger partial charge in [-0.05, 0) is 173 Å². The Kier molecular flexibility index (Phi) is 19.2. The topological polar surface area (TPSA) is 228 Å². The molecule has 26 heteroatoms. The number of carbonyl (C=O) groups is 8. The highest BCUT2D eigenvalue weighted by molar-refractivity contribution is 6.45. The van der Waals surface area contributed by atoms with Crippen LogP contribution in [0.4, 0.5) is 26.3 Å². The molecule has 9 aromatic rings. The summed E-state index contributed by atoms with van der Waals surface area (Å²) in [5.74, 6) is -10.9. The highest BCUT2D eigenvalue weighted by atomic mass is 35.5. The molecule has 0 radical (unpaired) electrons. The molecule has 100 heavy (non-hydrogen) atoms. The van der Waals surface area contributed by atoms with Gasteiger partial charge in [-0.25, -0.2) is 0 Å². The summed E-state index contributed by atoms with van der Waals surface area (Å²) in [7, 11) is 0. The molecule has 0 aliphatic carbocycles. The van der Waals surface area contributed by atoms with Crippen molar-refractivity contribution in [1.82, 2.24) is 31.1 Å². The number of hydrogen-bond acceptors (Lipinski definition) is 12. The van der Waals surface area contributed by atoms with E-state index in [0.717, 1.165) is 0 Å². The summed E-state index contributed by atoms with van der Waals surface area (Å²) >= 11 is 11.4. The van der Waals surface area contributed by atoms with Gasteiger partial charge in [0, 0.05) is 69.3 Å². The first-order valence-electron chi connectivity index (χ1n) is 31.1. The molecule has 2 atom stereocenters. The molecule has 0 spiro atoms. The zero-order valence-electron chi connectivity index (χ0n) is 54.9. The van der Waals surface area contributed by atoms with Crippen LogP contribution in [0.15, 0.2) is 120 Å². The van der Waals surface area contributed by atoms with Crippen LogP contribution in [0.25, 0.3) is 43.1 Å². The summed E-state index contributed by atoms with van der Waals surface area (Å²) in [6, 6.07) is 19.9. The number of imide groups is 2. The van der Waals surface area contributed by atoms with Crippen molar-refractivity contribution in [3.8, 4) is 46.0 Å². The Hall–Kier alpha value is -10.7. The predicted molar refractivity (Wildman–Crippen MR) is 364 cm³/mol. The lowest BCUT2D eigenvalue weighted by Gasteiger charge is -2.36. The number of amides is 8. The average Bonchev–Trinajstić information content (AvgIpc) is 0.671. The highest BCUT2D eigenvalue weighted by Gasteiger charge is 2.50. The number of halogens is 8. The van der Waals surface area contributed by atoms with Crippen molar-refractivity contribution in [1.29, 1.82) is 0 Å². The minimum Gasteiger partial charge on any atom is -0.457 e. The molecule has 0 saturated carbocycles. The van der Waals surface area contributed by atoms with Crippen LogP contribution in [0, 0.1) is 55.4 Å². The van der Waals surface area contributed by atoms with Gasteiger partial charge in [-0.2, -0.15) is 26.3 Å². The van der Waals surface area contributed by atoms with Gasteiger partial charge >= 0.3 is 12.4 Å². The molecule has 0 fully saturated rings. The van der Waals surface area contributed by atoms with Gasteiger partial charge in [0.15, 0.2) is 0 Å². The lowest BCUT2D eigenvalue weighted by atomic mass is 9.80. The van der Waals surface area contributed by atoms with Gasteiger partial charge in [0.05, 0.1) is 45.2 Å². The van der Waals surface area contributed by atoms with E-state index in [1.165, 1.54) is 24.3 Å². The maximum absolute atomic E-state index is 15.9. The molecule has 18 nitrogen and oxygen atoms in total. The third-order valence-corrected chi connectivity index (χ3v) is 17.0. The Labute approximate surface area is 577 Å². The fraction of sp³-hybridized carbons (Fsp3) is 0.243. The lowest BCUT2D eigenvalue weighted by molar-refractivity contribution is -0.153. The van der Waals surface area contributed by atoms with Crippen molar-refractivity contribution in [2.75, 3.05) is 26.2 Å². The summed E-state index contributed by atoms with van der Waals surface area (Å²) in [5.41, 5.74) is 3.39. The van der Waals surface area contributed by atoms with Crippen LogP contribution < -0.4 is 40.2 Å². The Morgan fingerprint density at radius 1 is 0.370 bits per heavy atom. The molecular formula is C74H62Cl2F6N6O12. The summed E-state index contributed by atoms with van der Waals surface area (Å²) in [5, 5.41) is 7.54. The molecule has 2 heterocycles. The van der Waals surface area contributed by atoms with Crippen LogP contribution in [0.1, 0.15) is 98.8 Å². The van der Waals surface area contributed by atoms with E-state index in [4.69, 9.17) is 42.1 Å². The van der Waals surface area contributed by atoms with Crippen LogP contribution in [-0.2, 0) is 19.2 Å². The largest absolute Gasteiger partial charge is 0.457 e. The zero-order chi connectivity index (χ0) is 72.5. The van der Waals surface area contributed by atoms with E-state index in [0.29, 0.717) is 44.5 Å². The van der Waals surface area contributed by atoms with Gasteiger partial charge in [0.1, 0.15) is 58.1 Å². The van der Waals surface area contributed by atoms with E-state index >= 15 is 45.5 Å². The number of rotatable bonds is 22. The number of nitrogens with one attached hydrogen (secondary N) is 4. The van der Waals surface area contributed by atoms with Crippen LogP contribution >= 0.6 is 23.2 Å². The molecule has 2 unspecified atom stereocenters. The van der Waals surface area contributed by atoms with Crippen LogP contribution in [0.3, 0.4) is 0 Å². The van der Waals surface area contributed by atoms with Crippen molar-refractivity contribution in [3.05, 3.63) is 187 Å². The number of fused-ring (bicyclic) bond motifs is 2. The van der Waals surface area contributed by atoms with E-state index in [1.54, 1.807) is 104 Å². The number of carbonyl (C=O) groups excluding carboxylic acids is 8.